The quantitative estimate of drug-likeness (QED) is 0.770. The molecule has 0 aliphatic heterocycles. The summed E-state index contributed by atoms with van der Waals surface area (Å²) in [5.41, 5.74) is 4.42. The summed E-state index contributed by atoms with van der Waals surface area (Å²) in [6.07, 6.45) is 2.38. The average Bonchev–Trinajstić information content (AvgIpc) is 1.97. The van der Waals surface area contributed by atoms with Crippen LogP contribution < -0.4 is 5.73 Å². The van der Waals surface area contributed by atoms with Crippen molar-refractivity contribution in [3.8, 4) is 0 Å². The first-order valence-corrected chi connectivity index (χ1v) is 4.78. The van der Waals surface area contributed by atoms with Gasteiger partial charge in [-0.15, -0.1) is 12.4 Å². The lowest BCUT2D eigenvalue weighted by molar-refractivity contribution is -0.148. The van der Waals surface area contributed by atoms with E-state index in [1.807, 2.05) is 27.7 Å². The molecule has 4 heteroatoms. The number of carboxylic acids is 1. The molecule has 0 radical (unpaired) electrons. The van der Waals surface area contributed by atoms with Crippen LogP contribution >= 0.6 is 12.4 Å². The molecule has 0 spiro atoms. The van der Waals surface area contributed by atoms with Crippen LogP contribution in [0, 0.1) is 5.41 Å². The molecular weight excluding hydrogens is 202 g/mol. The van der Waals surface area contributed by atoms with Crippen molar-refractivity contribution in [2.45, 2.75) is 52.5 Å². The number of aliphatic carboxylic acids is 1. The lowest BCUT2D eigenvalue weighted by Crippen LogP contribution is -2.57. The van der Waals surface area contributed by atoms with Gasteiger partial charge in [0.15, 0.2) is 0 Å². The van der Waals surface area contributed by atoms with Crippen molar-refractivity contribution < 1.29 is 9.90 Å². The molecule has 0 aliphatic rings. The number of carboxylic acid groups (broad SMARTS) is 1. The van der Waals surface area contributed by atoms with Gasteiger partial charge < -0.3 is 10.8 Å². The number of unbranched alkanes of at least 4 members (excludes halogenated alkanes) is 1. The first kappa shape index (κ1) is 16.2. The molecule has 86 valence electrons. The molecule has 0 fully saturated rings. The van der Waals surface area contributed by atoms with E-state index in [1.165, 1.54) is 0 Å². The largest absolute Gasteiger partial charge is 0.480 e. The van der Waals surface area contributed by atoms with Crippen LogP contribution in [0.5, 0.6) is 0 Å². The summed E-state index contributed by atoms with van der Waals surface area (Å²) in [7, 11) is 0. The molecule has 0 aromatic rings. The lowest BCUT2D eigenvalue weighted by atomic mass is 9.71. The van der Waals surface area contributed by atoms with Crippen LogP contribution in [-0.4, -0.2) is 16.6 Å². The SMILES string of the molecule is CCCC[C@](N)(C(=O)O)C(C)(C)C.Cl. The summed E-state index contributed by atoms with van der Waals surface area (Å²) in [5, 5.41) is 9.07. The minimum atomic E-state index is -1.09. The Kier molecular flexibility index (Phi) is 6.42. The third-order valence-electron chi connectivity index (χ3n) is 2.64. The second kappa shape index (κ2) is 5.56. The van der Waals surface area contributed by atoms with E-state index < -0.39 is 16.9 Å². The van der Waals surface area contributed by atoms with Crippen LogP contribution in [0.4, 0.5) is 0 Å². The fraction of sp³-hybridized carbons (Fsp3) is 0.900. The number of hydrogen-bond donors (Lipinski definition) is 2. The zero-order chi connectivity index (χ0) is 10.7. The highest BCUT2D eigenvalue weighted by molar-refractivity contribution is 5.85. The molecule has 0 bridgehead atoms. The number of nitrogens with two attached hydrogens (primary N) is 1. The predicted octanol–water partition coefficient (Wildman–Crippen LogP) is 2.43. The number of carbonyl (C=O) groups is 1. The molecule has 0 rings (SSSR count). The van der Waals surface area contributed by atoms with Gasteiger partial charge in [-0.05, 0) is 11.8 Å². The predicted molar refractivity (Wildman–Crippen MR) is 60.8 cm³/mol. The molecule has 0 heterocycles. The average molecular weight is 224 g/mol. The van der Waals surface area contributed by atoms with E-state index in [9.17, 15) is 4.79 Å². The monoisotopic (exact) mass is 223 g/mol. The van der Waals surface area contributed by atoms with E-state index in [1.54, 1.807) is 0 Å². The van der Waals surface area contributed by atoms with E-state index in [4.69, 9.17) is 10.8 Å². The topological polar surface area (TPSA) is 63.3 Å². The maximum atomic E-state index is 11.0. The molecule has 0 amide bonds. The second-order valence-corrected chi connectivity index (χ2v) is 4.63. The van der Waals surface area contributed by atoms with Crippen molar-refractivity contribution in [2.24, 2.45) is 11.1 Å². The first-order valence-electron chi connectivity index (χ1n) is 4.78. The van der Waals surface area contributed by atoms with Crippen molar-refractivity contribution in [1.29, 1.82) is 0 Å². The van der Waals surface area contributed by atoms with E-state index in [-0.39, 0.29) is 12.4 Å². The molecule has 0 aromatic heterocycles. The van der Waals surface area contributed by atoms with Gasteiger partial charge in [-0.2, -0.15) is 0 Å². The Morgan fingerprint density at radius 2 is 1.79 bits per heavy atom. The first-order chi connectivity index (χ1) is 5.75. The molecule has 0 aromatic carbocycles. The van der Waals surface area contributed by atoms with Crippen LogP contribution in [0.3, 0.4) is 0 Å². The van der Waals surface area contributed by atoms with E-state index in [0.717, 1.165) is 12.8 Å². The summed E-state index contributed by atoms with van der Waals surface area (Å²) < 4.78 is 0. The minimum absolute atomic E-state index is 0. The van der Waals surface area contributed by atoms with Crippen LogP contribution in [-0.2, 0) is 4.79 Å². The standard InChI is InChI=1S/C10H21NO2.ClH/c1-5-6-7-10(11,8(12)13)9(2,3)4;/h5-7,11H2,1-4H3,(H,12,13);1H/t10-;/m0./s1. The maximum absolute atomic E-state index is 11.0. The van der Waals surface area contributed by atoms with Gasteiger partial charge in [0.05, 0.1) is 0 Å². The van der Waals surface area contributed by atoms with Crippen molar-refractivity contribution in [1.82, 2.24) is 0 Å². The van der Waals surface area contributed by atoms with Gasteiger partial charge in [0.1, 0.15) is 5.54 Å². The Morgan fingerprint density at radius 3 is 2.00 bits per heavy atom. The zero-order valence-corrected chi connectivity index (χ0v) is 10.3. The molecule has 0 saturated carbocycles. The molecule has 0 saturated heterocycles. The van der Waals surface area contributed by atoms with E-state index in [0.29, 0.717) is 6.42 Å². The summed E-state index contributed by atoms with van der Waals surface area (Å²) in [6, 6.07) is 0. The third-order valence-corrected chi connectivity index (χ3v) is 2.64. The number of halogens is 1. The van der Waals surface area contributed by atoms with Gasteiger partial charge in [0, 0.05) is 0 Å². The molecule has 0 aliphatic carbocycles. The van der Waals surface area contributed by atoms with Crippen molar-refractivity contribution >= 4 is 18.4 Å². The summed E-state index contributed by atoms with van der Waals surface area (Å²) >= 11 is 0. The molecular formula is C10H22ClNO2. The van der Waals surface area contributed by atoms with E-state index in [2.05, 4.69) is 0 Å². The van der Waals surface area contributed by atoms with Crippen LogP contribution in [0.1, 0.15) is 47.0 Å². The molecule has 1 atom stereocenters. The minimum Gasteiger partial charge on any atom is -0.480 e. The summed E-state index contributed by atoms with van der Waals surface area (Å²) in [5.74, 6) is -0.895. The zero-order valence-electron chi connectivity index (χ0n) is 9.46. The maximum Gasteiger partial charge on any atom is 0.324 e. The normalized spacial score (nSPS) is 15.5. The Morgan fingerprint density at radius 1 is 1.36 bits per heavy atom. The van der Waals surface area contributed by atoms with Gasteiger partial charge in [-0.3, -0.25) is 4.79 Å². The van der Waals surface area contributed by atoms with Crippen LogP contribution in [0.15, 0.2) is 0 Å². The highest BCUT2D eigenvalue weighted by Crippen LogP contribution is 2.32. The van der Waals surface area contributed by atoms with Gasteiger partial charge in [-0.25, -0.2) is 0 Å². The van der Waals surface area contributed by atoms with Gasteiger partial charge in [0.2, 0.25) is 0 Å². The Labute approximate surface area is 92.5 Å². The van der Waals surface area contributed by atoms with Gasteiger partial charge in [-0.1, -0.05) is 40.5 Å². The van der Waals surface area contributed by atoms with Crippen LogP contribution in [0.2, 0.25) is 0 Å². The summed E-state index contributed by atoms with van der Waals surface area (Å²) in [6.45, 7) is 7.65. The molecule has 14 heavy (non-hydrogen) atoms. The van der Waals surface area contributed by atoms with E-state index >= 15 is 0 Å². The molecule has 0 unspecified atom stereocenters. The number of hydrogen-bond acceptors (Lipinski definition) is 2. The molecule has 3 nitrogen and oxygen atoms in total. The lowest BCUT2D eigenvalue weighted by Gasteiger charge is -2.37. The van der Waals surface area contributed by atoms with Crippen molar-refractivity contribution in [3.63, 3.8) is 0 Å². The second-order valence-electron chi connectivity index (χ2n) is 4.63. The number of rotatable bonds is 4. The molecule has 3 N–H and O–H groups in total. The fourth-order valence-corrected chi connectivity index (χ4v) is 1.26. The van der Waals surface area contributed by atoms with Gasteiger partial charge >= 0.3 is 5.97 Å². The fourth-order valence-electron chi connectivity index (χ4n) is 1.26. The Bertz CT molecular complexity index is 189. The highest BCUT2D eigenvalue weighted by atomic mass is 35.5. The van der Waals surface area contributed by atoms with Crippen molar-refractivity contribution in [3.05, 3.63) is 0 Å². The van der Waals surface area contributed by atoms with Gasteiger partial charge in [0.25, 0.3) is 0 Å². The Balaban J connectivity index is 0. The smallest absolute Gasteiger partial charge is 0.324 e. The van der Waals surface area contributed by atoms with Crippen LogP contribution in [0.25, 0.3) is 0 Å². The Hall–Kier alpha value is -0.280. The van der Waals surface area contributed by atoms with Crippen molar-refractivity contribution in [2.75, 3.05) is 0 Å². The summed E-state index contributed by atoms with van der Waals surface area (Å²) in [4.78, 5) is 11.0. The highest BCUT2D eigenvalue weighted by Gasteiger charge is 2.44. The third kappa shape index (κ3) is 3.46.